The van der Waals surface area contributed by atoms with Gasteiger partial charge in [0, 0.05) is 32.2 Å². The van der Waals surface area contributed by atoms with Crippen LogP contribution in [-0.4, -0.2) is 41.9 Å². The number of hydrogen-bond donors (Lipinski definition) is 0. The third kappa shape index (κ3) is 3.85. The van der Waals surface area contributed by atoms with E-state index in [4.69, 9.17) is 0 Å². The summed E-state index contributed by atoms with van der Waals surface area (Å²) in [7, 11) is 0. The number of piperazine rings is 1. The SMILES string of the molecule is Cc1ccccc1CC(=O)N1CCN(C(C)c2ccccc2)CC1. The second-order valence-electron chi connectivity index (χ2n) is 6.61. The lowest BCUT2D eigenvalue weighted by molar-refractivity contribution is -0.132. The summed E-state index contributed by atoms with van der Waals surface area (Å²) in [5.74, 6) is 0.247. The van der Waals surface area contributed by atoms with E-state index in [0.717, 1.165) is 31.7 Å². The fraction of sp³-hybridized carbons (Fsp3) is 0.381. The molecule has 1 saturated heterocycles. The molecule has 0 radical (unpaired) electrons. The van der Waals surface area contributed by atoms with E-state index in [1.165, 1.54) is 11.1 Å². The van der Waals surface area contributed by atoms with Crippen molar-refractivity contribution in [3.05, 3.63) is 71.3 Å². The van der Waals surface area contributed by atoms with Crippen LogP contribution in [0.3, 0.4) is 0 Å². The normalized spacial score (nSPS) is 16.8. The lowest BCUT2D eigenvalue weighted by atomic mass is 10.0. The van der Waals surface area contributed by atoms with Crippen LogP contribution in [0.15, 0.2) is 54.6 Å². The number of carbonyl (C=O) groups excluding carboxylic acids is 1. The smallest absolute Gasteiger partial charge is 0.227 e. The van der Waals surface area contributed by atoms with Gasteiger partial charge in [-0.1, -0.05) is 54.6 Å². The zero-order chi connectivity index (χ0) is 16.9. The Morgan fingerprint density at radius 1 is 0.958 bits per heavy atom. The van der Waals surface area contributed by atoms with E-state index in [0.29, 0.717) is 12.5 Å². The lowest BCUT2D eigenvalue weighted by Crippen LogP contribution is -2.49. The zero-order valence-electron chi connectivity index (χ0n) is 14.6. The number of benzene rings is 2. The van der Waals surface area contributed by atoms with Crippen molar-refractivity contribution in [2.24, 2.45) is 0 Å². The first kappa shape index (κ1) is 16.7. The third-order valence-electron chi connectivity index (χ3n) is 5.10. The molecule has 1 atom stereocenters. The molecular weight excluding hydrogens is 296 g/mol. The maximum atomic E-state index is 12.6. The quantitative estimate of drug-likeness (QED) is 0.861. The predicted octanol–water partition coefficient (Wildman–Crippen LogP) is 3.44. The van der Waals surface area contributed by atoms with Crippen LogP contribution in [0.5, 0.6) is 0 Å². The molecule has 126 valence electrons. The standard InChI is InChI=1S/C21H26N2O/c1-17-8-6-7-11-20(17)16-21(24)23-14-12-22(13-15-23)18(2)19-9-4-3-5-10-19/h3-11,18H,12-16H2,1-2H3. The van der Waals surface area contributed by atoms with Crippen molar-refractivity contribution >= 4 is 5.91 Å². The Morgan fingerprint density at radius 2 is 1.58 bits per heavy atom. The molecule has 3 rings (SSSR count). The summed E-state index contributed by atoms with van der Waals surface area (Å²) in [5.41, 5.74) is 3.68. The van der Waals surface area contributed by atoms with E-state index < -0.39 is 0 Å². The molecule has 2 aromatic carbocycles. The van der Waals surface area contributed by atoms with Crippen molar-refractivity contribution in [2.45, 2.75) is 26.3 Å². The summed E-state index contributed by atoms with van der Waals surface area (Å²) >= 11 is 0. The maximum Gasteiger partial charge on any atom is 0.227 e. The van der Waals surface area contributed by atoms with E-state index in [2.05, 4.69) is 61.2 Å². The van der Waals surface area contributed by atoms with Crippen LogP contribution in [0.1, 0.15) is 29.7 Å². The van der Waals surface area contributed by atoms with Gasteiger partial charge in [0.15, 0.2) is 0 Å². The number of hydrogen-bond acceptors (Lipinski definition) is 2. The monoisotopic (exact) mass is 322 g/mol. The highest BCUT2D eigenvalue weighted by Gasteiger charge is 2.24. The fourth-order valence-corrected chi connectivity index (χ4v) is 3.38. The average molecular weight is 322 g/mol. The molecule has 0 bridgehead atoms. The molecule has 0 spiro atoms. The van der Waals surface area contributed by atoms with Crippen LogP contribution < -0.4 is 0 Å². The van der Waals surface area contributed by atoms with Crippen molar-refractivity contribution in [3.8, 4) is 0 Å². The van der Waals surface area contributed by atoms with Gasteiger partial charge in [-0.2, -0.15) is 0 Å². The lowest BCUT2D eigenvalue weighted by Gasteiger charge is -2.38. The van der Waals surface area contributed by atoms with Gasteiger partial charge in [-0.15, -0.1) is 0 Å². The minimum atomic E-state index is 0.247. The number of rotatable bonds is 4. The Bertz CT molecular complexity index is 675. The first-order valence-electron chi connectivity index (χ1n) is 8.76. The van der Waals surface area contributed by atoms with Crippen LogP contribution >= 0.6 is 0 Å². The van der Waals surface area contributed by atoms with E-state index >= 15 is 0 Å². The molecule has 1 heterocycles. The van der Waals surface area contributed by atoms with Crippen molar-refractivity contribution in [1.29, 1.82) is 0 Å². The van der Waals surface area contributed by atoms with Gasteiger partial charge in [-0.05, 0) is 30.5 Å². The Hall–Kier alpha value is -2.13. The molecule has 3 nitrogen and oxygen atoms in total. The van der Waals surface area contributed by atoms with Gasteiger partial charge in [0.2, 0.25) is 5.91 Å². The van der Waals surface area contributed by atoms with E-state index in [-0.39, 0.29) is 5.91 Å². The molecule has 0 aromatic heterocycles. The van der Waals surface area contributed by atoms with Gasteiger partial charge in [0.1, 0.15) is 0 Å². The molecule has 1 amide bonds. The van der Waals surface area contributed by atoms with Gasteiger partial charge in [-0.25, -0.2) is 0 Å². The topological polar surface area (TPSA) is 23.6 Å². The Labute approximate surface area is 144 Å². The molecule has 2 aromatic rings. The molecule has 1 unspecified atom stereocenters. The maximum absolute atomic E-state index is 12.6. The highest BCUT2D eigenvalue weighted by molar-refractivity contribution is 5.79. The number of carbonyl (C=O) groups is 1. The summed E-state index contributed by atoms with van der Waals surface area (Å²) in [4.78, 5) is 17.1. The van der Waals surface area contributed by atoms with Gasteiger partial charge >= 0.3 is 0 Å². The first-order valence-corrected chi connectivity index (χ1v) is 8.76. The minimum absolute atomic E-state index is 0.247. The van der Waals surface area contributed by atoms with E-state index in [1.807, 2.05) is 17.0 Å². The highest BCUT2D eigenvalue weighted by atomic mass is 16.2. The molecular formula is C21H26N2O. The molecule has 24 heavy (non-hydrogen) atoms. The third-order valence-corrected chi connectivity index (χ3v) is 5.10. The van der Waals surface area contributed by atoms with Gasteiger partial charge in [0.25, 0.3) is 0 Å². The highest BCUT2D eigenvalue weighted by Crippen LogP contribution is 2.21. The van der Waals surface area contributed by atoms with E-state index in [9.17, 15) is 4.79 Å². The molecule has 3 heteroatoms. The van der Waals surface area contributed by atoms with Crippen molar-refractivity contribution in [3.63, 3.8) is 0 Å². The molecule has 1 fully saturated rings. The second-order valence-corrected chi connectivity index (χ2v) is 6.61. The van der Waals surface area contributed by atoms with Crippen LogP contribution in [0.25, 0.3) is 0 Å². The summed E-state index contributed by atoms with van der Waals surface area (Å²) in [6.45, 7) is 7.84. The second kappa shape index (κ2) is 7.63. The molecule has 0 saturated carbocycles. The Balaban J connectivity index is 1.55. The van der Waals surface area contributed by atoms with E-state index in [1.54, 1.807) is 0 Å². The predicted molar refractivity (Wildman–Crippen MR) is 97.9 cm³/mol. The Kier molecular flexibility index (Phi) is 5.31. The fourth-order valence-electron chi connectivity index (χ4n) is 3.38. The molecule has 1 aliphatic rings. The van der Waals surface area contributed by atoms with Crippen LogP contribution in [0, 0.1) is 6.92 Å². The zero-order valence-corrected chi connectivity index (χ0v) is 14.6. The van der Waals surface area contributed by atoms with Crippen molar-refractivity contribution in [2.75, 3.05) is 26.2 Å². The number of nitrogens with zero attached hydrogens (tertiary/aromatic N) is 2. The summed E-state index contributed by atoms with van der Waals surface area (Å²) in [6.07, 6.45) is 0.515. The van der Waals surface area contributed by atoms with Gasteiger partial charge < -0.3 is 4.90 Å². The van der Waals surface area contributed by atoms with Gasteiger partial charge in [0.05, 0.1) is 6.42 Å². The van der Waals surface area contributed by atoms with Crippen molar-refractivity contribution in [1.82, 2.24) is 9.80 Å². The largest absolute Gasteiger partial charge is 0.340 e. The summed E-state index contributed by atoms with van der Waals surface area (Å²) in [5, 5.41) is 0. The summed E-state index contributed by atoms with van der Waals surface area (Å²) < 4.78 is 0. The minimum Gasteiger partial charge on any atom is -0.340 e. The van der Waals surface area contributed by atoms with Crippen LogP contribution in [-0.2, 0) is 11.2 Å². The van der Waals surface area contributed by atoms with Crippen LogP contribution in [0.4, 0.5) is 0 Å². The Morgan fingerprint density at radius 3 is 2.25 bits per heavy atom. The molecule has 0 aliphatic carbocycles. The first-order chi connectivity index (χ1) is 11.6. The number of aryl methyl sites for hydroxylation is 1. The van der Waals surface area contributed by atoms with Crippen LogP contribution in [0.2, 0.25) is 0 Å². The average Bonchev–Trinajstić information content (AvgIpc) is 2.64. The van der Waals surface area contributed by atoms with Crippen molar-refractivity contribution < 1.29 is 4.79 Å². The molecule has 1 aliphatic heterocycles. The number of amides is 1. The molecule has 0 N–H and O–H groups in total. The van der Waals surface area contributed by atoms with Gasteiger partial charge in [-0.3, -0.25) is 9.69 Å². The summed E-state index contributed by atoms with van der Waals surface area (Å²) in [6, 6.07) is 19.2.